The minimum atomic E-state index is -4.53. The summed E-state index contributed by atoms with van der Waals surface area (Å²) in [4.78, 5) is 12.3. The van der Waals surface area contributed by atoms with Gasteiger partial charge in [-0.2, -0.15) is 18.3 Å². The molecule has 0 aliphatic heterocycles. The maximum absolute atomic E-state index is 12.9. The lowest BCUT2D eigenvalue weighted by atomic mass is 10.1. The Morgan fingerprint density at radius 3 is 2.72 bits per heavy atom. The van der Waals surface area contributed by atoms with Gasteiger partial charge < -0.3 is 14.8 Å². The van der Waals surface area contributed by atoms with Crippen molar-refractivity contribution in [3.8, 4) is 5.75 Å². The first-order valence-electron chi connectivity index (χ1n) is 7.46. The fraction of sp³-hybridized carbons (Fsp3) is 0.375. The van der Waals surface area contributed by atoms with Gasteiger partial charge >= 0.3 is 6.18 Å². The molecule has 1 aromatic heterocycles. The largest absolute Gasteiger partial charge is 0.489 e. The zero-order valence-electron chi connectivity index (χ0n) is 13.7. The Morgan fingerprint density at radius 2 is 2.12 bits per heavy atom. The van der Waals surface area contributed by atoms with Gasteiger partial charge in [0.05, 0.1) is 17.9 Å². The molecule has 0 radical (unpaired) electrons. The van der Waals surface area contributed by atoms with Gasteiger partial charge in [-0.05, 0) is 31.2 Å². The van der Waals surface area contributed by atoms with Crippen molar-refractivity contribution in [3.63, 3.8) is 0 Å². The number of amides is 1. The molecule has 0 fully saturated rings. The van der Waals surface area contributed by atoms with E-state index in [1.54, 1.807) is 19.2 Å². The number of carbonyl (C=O) groups excluding carboxylic acids is 1. The maximum atomic E-state index is 12.9. The number of nitrogens with zero attached hydrogens (tertiary/aromatic N) is 2. The predicted molar refractivity (Wildman–Crippen MR) is 84.4 cm³/mol. The van der Waals surface area contributed by atoms with Crippen molar-refractivity contribution in [1.82, 2.24) is 9.78 Å². The summed E-state index contributed by atoms with van der Waals surface area (Å²) in [6, 6.07) is 3.86. The summed E-state index contributed by atoms with van der Waals surface area (Å²) in [7, 11) is 1.48. The van der Waals surface area contributed by atoms with Crippen LogP contribution < -0.4 is 10.1 Å². The molecule has 0 saturated carbocycles. The molecule has 2 aromatic rings. The van der Waals surface area contributed by atoms with Crippen molar-refractivity contribution in [2.75, 3.05) is 25.6 Å². The SMILES string of the molecule is COCCOc1ccc(C(F)(F)F)cc1NC(=O)C(C)n1cccn1. The Morgan fingerprint density at radius 1 is 1.36 bits per heavy atom. The van der Waals surface area contributed by atoms with Gasteiger partial charge in [0, 0.05) is 19.5 Å². The van der Waals surface area contributed by atoms with Crippen molar-refractivity contribution < 1.29 is 27.4 Å². The molecule has 9 heteroatoms. The number of methoxy groups -OCH3 is 1. The number of nitrogens with one attached hydrogen (secondary N) is 1. The molecule has 6 nitrogen and oxygen atoms in total. The lowest BCUT2D eigenvalue weighted by Gasteiger charge is -2.17. The second kappa shape index (κ2) is 8.02. The fourth-order valence-corrected chi connectivity index (χ4v) is 2.03. The first-order chi connectivity index (χ1) is 11.8. The van der Waals surface area contributed by atoms with Gasteiger partial charge in [-0.3, -0.25) is 9.48 Å². The van der Waals surface area contributed by atoms with Crippen molar-refractivity contribution in [3.05, 3.63) is 42.2 Å². The van der Waals surface area contributed by atoms with Crippen molar-refractivity contribution in [1.29, 1.82) is 0 Å². The van der Waals surface area contributed by atoms with Crippen molar-refractivity contribution in [2.24, 2.45) is 0 Å². The molecule has 2 rings (SSSR count). The molecule has 1 N–H and O–H groups in total. The van der Waals surface area contributed by atoms with E-state index in [0.717, 1.165) is 12.1 Å². The highest BCUT2D eigenvalue weighted by molar-refractivity contribution is 5.94. The number of ether oxygens (including phenoxy) is 2. The summed E-state index contributed by atoms with van der Waals surface area (Å²) in [6.07, 6.45) is -1.43. The van der Waals surface area contributed by atoms with E-state index in [0.29, 0.717) is 0 Å². The van der Waals surface area contributed by atoms with Crippen LogP contribution in [0.4, 0.5) is 18.9 Å². The molecule has 0 saturated heterocycles. The van der Waals surface area contributed by atoms with E-state index in [4.69, 9.17) is 9.47 Å². The molecule has 0 spiro atoms. The van der Waals surface area contributed by atoms with E-state index in [2.05, 4.69) is 10.4 Å². The van der Waals surface area contributed by atoms with Gasteiger partial charge in [-0.15, -0.1) is 0 Å². The number of anilines is 1. The number of aromatic nitrogens is 2. The zero-order valence-corrected chi connectivity index (χ0v) is 13.7. The Hall–Kier alpha value is -2.55. The van der Waals surface area contributed by atoms with Gasteiger partial charge in [0.25, 0.3) is 0 Å². The zero-order chi connectivity index (χ0) is 18.4. The van der Waals surface area contributed by atoms with E-state index in [-0.39, 0.29) is 24.7 Å². The molecule has 1 heterocycles. The quantitative estimate of drug-likeness (QED) is 0.774. The summed E-state index contributed by atoms with van der Waals surface area (Å²) in [5.74, 6) is -0.384. The molecule has 136 valence electrons. The van der Waals surface area contributed by atoms with Gasteiger partial charge in [-0.1, -0.05) is 0 Å². The van der Waals surface area contributed by atoms with E-state index >= 15 is 0 Å². The second-order valence-electron chi connectivity index (χ2n) is 5.20. The minimum Gasteiger partial charge on any atom is -0.489 e. The summed E-state index contributed by atoms with van der Waals surface area (Å²) in [5, 5.41) is 6.42. The number of carbonyl (C=O) groups is 1. The van der Waals surface area contributed by atoms with Crippen molar-refractivity contribution >= 4 is 11.6 Å². The lowest BCUT2D eigenvalue weighted by Crippen LogP contribution is -2.24. The van der Waals surface area contributed by atoms with Gasteiger partial charge in [0.15, 0.2) is 0 Å². The molecule has 0 aliphatic rings. The van der Waals surface area contributed by atoms with Crippen LogP contribution in [0.15, 0.2) is 36.7 Å². The Bertz CT molecular complexity index is 702. The van der Waals surface area contributed by atoms with E-state index < -0.39 is 23.7 Å². The fourth-order valence-electron chi connectivity index (χ4n) is 2.03. The monoisotopic (exact) mass is 357 g/mol. The average Bonchev–Trinajstić information content (AvgIpc) is 3.09. The van der Waals surface area contributed by atoms with Crippen LogP contribution in [0.3, 0.4) is 0 Å². The van der Waals surface area contributed by atoms with Crippen molar-refractivity contribution in [2.45, 2.75) is 19.1 Å². The number of halogens is 3. The molecule has 1 amide bonds. The second-order valence-corrected chi connectivity index (χ2v) is 5.20. The number of alkyl halides is 3. The van der Waals surface area contributed by atoms with Crippen LogP contribution in [-0.2, 0) is 15.7 Å². The number of benzene rings is 1. The number of hydrogen-bond acceptors (Lipinski definition) is 4. The lowest BCUT2D eigenvalue weighted by molar-refractivity contribution is -0.137. The highest BCUT2D eigenvalue weighted by Crippen LogP contribution is 2.35. The Kier molecular flexibility index (Phi) is 6.02. The molecule has 0 bridgehead atoms. The van der Waals surface area contributed by atoms with E-state index in [9.17, 15) is 18.0 Å². The summed E-state index contributed by atoms with van der Waals surface area (Å²) >= 11 is 0. The summed E-state index contributed by atoms with van der Waals surface area (Å²) in [5.41, 5.74) is -0.941. The smallest absolute Gasteiger partial charge is 0.416 e. The standard InChI is InChI=1S/C16H18F3N3O3/c1-11(22-7-3-6-20-22)15(23)21-13-10-12(16(17,18)19)4-5-14(13)25-9-8-24-2/h3-7,10-11H,8-9H2,1-2H3,(H,21,23). The molecular weight excluding hydrogens is 339 g/mol. The van der Waals surface area contributed by atoms with Crippen LogP contribution >= 0.6 is 0 Å². The van der Waals surface area contributed by atoms with Crippen LogP contribution in [0, 0.1) is 0 Å². The maximum Gasteiger partial charge on any atom is 0.416 e. The predicted octanol–water partition coefficient (Wildman–Crippen LogP) is 3.13. The summed E-state index contributed by atoms with van der Waals surface area (Å²) < 4.78 is 50.4. The van der Waals surface area contributed by atoms with E-state index in [1.807, 2.05) is 0 Å². The van der Waals surface area contributed by atoms with Crippen LogP contribution in [-0.4, -0.2) is 36.0 Å². The highest BCUT2D eigenvalue weighted by atomic mass is 19.4. The molecular formula is C16H18F3N3O3. The molecule has 1 unspecified atom stereocenters. The van der Waals surface area contributed by atoms with Gasteiger partial charge in [0.2, 0.25) is 5.91 Å². The van der Waals surface area contributed by atoms with Gasteiger partial charge in [-0.25, -0.2) is 0 Å². The van der Waals surface area contributed by atoms with E-state index in [1.165, 1.54) is 24.1 Å². The molecule has 1 atom stereocenters. The average molecular weight is 357 g/mol. The minimum absolute atomic E-state index is 0.0602. The van der Waals surface area contributed by atoms with Crippen LogP contribution in [0.2, 0.25) is 0 Å². The third kappa shape index (κ3) is 4.96. The summed E-state index contributed by atoms with van der Waals surface area (Å²) in [6.45, 7) is 1.99. The Balaban J connectivity index is 2.23. The third-order valence-corrected chi connectivity index (χ3v) is 3.41. The number of rotatable bonds is 7. The first kappa shape index (κ1) is 18.8. The number of hydrogen-bond donors (Lipinski definition) is 1. The van der Waals surface area contributed by atoms with Crippen LogP contribution in [0.25, 0.3) is 0 Å². The highest BCUT2D eigenvalue weighted by Gasteiger charge is 2.31. The Labute approximate surface area is 142 Å². The molecule has 1 aromatic carbocycles. The molecule has 0 aliphatic carbocycles. The van der Waals surface area contributed by atoms with Crippen LogP contribution in [0.1, 0.15) is 18.5 Å². The molecule has 25 heavy (non-hydrogen) atoms. The van der Waals surface area contributed by atoms with Gasteiger partial charge in [0.1, 0.15) is 18.4 Å². The topological polar surface area (TPSA) is 65.4 Å². The normalized spacial score (nSPS) is 12.7. The van der Waals surface area contributed by atoms with Crippen LogP contribution in [0.5, 0.6) is 5.75 Å². The third-order valence-electron chi connectivity index (χ3n) is 3.41. The first-order valence-corrected chi connectivity index (χ1v) is 7.46.